The second-order valence-corrected chi connectivity index (χ2v) is 7.85. The molecule has 7 nitrogen and oxygen atoms in total. The minimum Gasteiger partial charge on any atom is -0.375 e. The van der Waals surface area contributed by atoms with E-state index in [2.05, 4.69) is 5.32 Å². The fourth-order valence-corrected chi connectivity index (χ4v) is 4.20. The van der Waals surface area contributed by atoms with Crippen LogP contribution in [0.2, 0.25) is 0 Å². The predicted octanol–water partition coefficient (Wildman–Crippen LogP) is 1.68. The number of nitrogens with one attached hydrogen (secondary N) is 1. The van der Waals surface area contributed by atoms with Crippen LogP contribution in [-0.4, -0.2) is 73.5 Å². The van der Waals surface area contributed by atoms with Gasteiger partial charge in [-0.1, -0.05) is 18.2 Å². The van der Waals surface area contributed by atoms with E-state index in [9.17, 15) is 14.4 Å². The van der Waals surface area contributed by atoms with E-state index in [1.807, 2.05) is 23.1 Å². The first-order valence-electron chi connectivity index (χ1n) is 10.5. The highest BCUT2D eigenvalue weighted by molar-refractivity contribution is 5.97. The number of benzene rings is 1. The third-order valence-corrected chi connectivity index (χ3v) is 5.89. The summed E-state index contributed by atoms with van der Waals surface area (Å²) in [5, 5.41) is 3.01. The summed E-state index contributed by atoms with van der Waals surface area (Å²) in [4.78, 5) is 41.8. The first-order chi connectivity index (χ1) is 14.1. The van der Waals surface area contributed by atoms with Crippen molar-refractivity contribution >= 4 is 17.7 Å². The first-order valence-corrected chi connectivity index (χ1v) is 10.5. The highest BCUT2D eigenvalue weighted by Crippen LogP contribution is 2.24. The Labute approximate surface area is 172 Å². The van der Waals surface area contributed by atoms with E-state index in [0.29, 0.717) is 31.5 Å². The van der Waals surface area contributed by atoms with Gasteiger partial charge in [-0.2, -0.15) is 0 Å². The normalized spacial score (nSPS) is 18.9. The van der Waals surface area contributed by atoms with Gasteiger partial charge in [0.1, 0.15) is 12.6 Å². The fraction of sp³-hybridized carbons (Fsp3) is 0.591. The van der Waals surface area contributed by atoms with Crippen molar-refractivity contribution in [1.82, 2.24) is 15.1 Å². The third-order valence-electron chi connectivity index (χ3n) is 5.89. The molecule has 3 amide bonds. The van der Waals surface area contributed by atoms with E-state index in [1.165, 1.54) is 7.11 Å². The largest absolute Gasteiger partial charge is 0.375 e. The molecule has 0 bridgehead atoms. The zero-order valence-corrected chi connectivity index (χ0v) is 17.1. The summed E-state index contributed by atoms with van der Waals surface area (Å²) in [6.45, 7) is 2.74. The Morgan fingerprint density at radius 3 is 2.28 bits per heavy atom. The zero-order valence-electron chi connectivity index (χ0n) is 17.1. The number of amides is 3. The molecule has 2 saturated heterocycles. The van der Waals surface area contributed by atoms with Crippen LogP contribution in [0.25, 0.3) is 0 Å². The number of rotatable bonds is 6. The van der Waals surface area contributed by atoms with Crippen molar-refractivity contribution in [2.75, 3.05) is 39.9 Å². The number of ether oxygens (including phenoxy) is 1. The Morgan fingerprint density at radius 2 is 1.66 bits per heavy atom. The van der Waals surface area contributed by atoms with Gasteiger partial charge in [0, 0.05) is 38.9 Å². The van der Waals surface area contributed by atoms with Crippen molar-refractivity contribution in [3.63, 3.8) is 0 Å². The molecule has 0 unspecified atom stereocenters. The van der Waals surface area contributed by atoms with Crippen LogP contribution in [0.5, 0.6) is 0 Å². The molecule has 1 aromatic carbocycles. The summed E-state index contributed by atoms with van der Waals surface area (Å²) >= 11 is 0. The first kappa shape index (κ1) is 21.3. The third kappa shape index (κ3) is 5.56. The Kier molecular flexibility index (Phi) is 7.63. The predicted molar refractivity (Wildman–Crippen MR) is 109 cm³/mol. The van der Waals surface area contributed by atoms with Crippen LogP contribution in [0.4, 0.5) is 0 Å². The SMILES string of the molecule is COCC(=O)N1CCC([C@@H](NC(=O)c2ccccc2)C(=O)N2CCCCC2)CC1. The molecular formula is C22H31N3O4. The van der Waals surface area contributed by atoms with Gasteiger partial charge in [-0.05, 0) is 50.2 Å². The summed E-state index contributed by atoms with van der Waals surface area (Å²) in [6, 6.07) is 8.44. The smallest absolute Gasteiger partial charge is 0.251 e. The Balaban J connectivity index is 1.70. The van der Waals surface area contributed by atoms with Crippen molar-refractivity contribution in [1.29, 1.82) is 0 Å². The summed E-state index contributed by atoms with van der Waals surface area (Å²) in [5.41, 5.74) is 0.552. The van der Waals surface area contributed by atoms with Gasteiger partial charge in [0.05, 0.1) is 0 Å². The summed E-state index contributed by atoms with van der Waals surface area (Å²) < 4.78 is 4.94. The van der Waals surface area contributed by atoms with Crippen LogP contribution in [-0.2, 0) is 14.3 Å². The second kappa shape index (κ2) is 10.4. The molecule has 0 aromatic heterocycles. The van der Waals surface area contributed by atoms with Gasteiger partial charge in [0.15, 0.2) is 0 Å². The number of hydrogen-bond donors (Lipinski definition) is 1. The Morgan fingerprint density at radius 1 is 1.00 bits per heavy atom. The standard InChI is InChI=1S/C22H31N3O4/c1-29-16-19(26)24-14-10-17(11-15-24)20(22(28)25-12-6-3-7-13-25)23-21(27)18-8-4-2-5-9-18/h2,4-5,8-9,17,20H,3,6-7,10-16H2,1H3,(H,23,27)/t20-/m1/s1. The lowest BCUT2D eigenvalue weighted by molar-refractivity contribution is -0.138. The van der Waals surface area contributed by atoms with Crippen molar-refractivity contribution in [3.8, 4) is 0 Å². The molecule has 0 saturated carbocycles. The molecule has 2 fully saturated rings. The van der Waals surface area contributed by atoms with Crippen LogP contribution >= 0.6 is 0 Å². The van der Waals surface area contributed by atoms with Gasteiger partial charge in [0.25, 0.3) is 5.91 Å². The fourth-order valence-electron chi connectivity index (χ4n) is 4.20. The molecule has 0 aliphatic carbocycles. The molecule has 0 radical (unpaired) electrons. The van der Waals surface area contributed by atoms with Crippen molar-refractivity contribution in [2.45, 2.75) is 38.1 Å². The summed E-state index contributed by atoms with van der Waals surface area (Å²) in [6.07, 6.45) is 4.54. The van der Waals surface area contributed by atoms with E-state index < -0.39 is 6.04 Å². The average Bonchev–Trinajstić information content (AvgIpc) is 2.78. The van der Waals surface area contributed by atoms with Crippen LogP contribution in [0, 0.1) is 5.92 Å². The number of carbonyl (C=O) groups excluding carboxylic acids is 3. The highest BCUT2D eigenvalue weighted by atomic mass is 16.5. The van der Waals surface area contributed by atoms with Gasteiger partial charge in [-0.3, -0.25) is 14.4 Å². The summed E-state index contributed by atoms with van der Waals surface area (Å²) in [5.74, 6) is -0.226. The van der Waals surface area contributed by atoms with Crippen LogP contribution < -0.4 is 5.32 Å². The molecule has 158 valence electrons. The molecule has 7 heteroatoms. The van der Waals surface area contributed by atoms with Crippen molar-refractivity contribution in [2.24, 2.45) is 5.92 Å². The van der Waals surface area contributed by atoms with E-state index in [1.54, 1.807) is 17.0 Å². The van der Waals surface area contributed by atoms with Gasteiger partial charge < -0.3 is 19.9 Å². The molecule has 1 aromatic rings. The molecule has 29 heavy (non-hydrogen) atoms. The molecule has 0 spiro atoms. The van der Waals surface area contributed by atoms with E-state index >= 15 is 0 Å². The maximum absolute atomic E-state index is 13.3. The van der Waals surface area contributed by atoms with Crippen LogP contribution in [0.15, 0.2) is 30.3 Å². The Hall–Kier alpha value is -2.41. The molecule has 2 aliphatic rings. The minimum absolute atomic E-state index is 0.00986. The zero-order chi connectivity index (χ0) is 20.6. The maximum Gasteiger partial charge on any atom is 0.251 e. The molecule has 1 atom stereocenters. The number of nitrogens with zero attached hydrogens (tertiary/aromatic N) is 2. The molecule has 3 rings (SSSR count). The Bertz CT molecular complexity index is 695. The lowest BCUT2D eigenvalue weighted by Crippen LogP contribution is -2.55. The maximum atomic E-state index is 13.3. The van der Waals surface area contributed by atoms with E-state index in [-0.39, 0.29) is 30.2 Å². The number of methoxy groups -OCH3 is 1. The molecular weight excluding hydrogens is 370 g/mol. The van der Waals surface area contributed by atoms with Crippen molar-refractivity contribution in [3.05, 3.63) is 35.9 Å². The number of piperidine rings is 2. The molecule has 2 heterocycles. The minimum atomic E-state index is -0.555. The average molecular weight is 402 g/mol. The van der Waals surface area contributed by atoms with Crippen LogP contribution in [0.1, 0.15) is 42.5 Å². The molecule has 2 aliphatic heterocycles. The van der Waals surface area contributed by atoms with Crippen molar-refractivity contribution < 1.29 is 19.1 Å². The number of likely N-dealkylation sites (tertiary alicyclic amines) is 2. The second-order valence-electron chi connectivity index (χ2n) is 7.85. The van der Waals surface area contributed by atoms with Gasteiger partial charge in [-0.25, -0.2) is 0 Å². The summed E-state index contributed by atoms with van der Waals surface area (Å²) in [7, 11) is 1.51. The van der Waals surface area contributed by atoms with E-state index in [4.69, 9.17) is 4.74 Å². The lowest BCUT2D eigenvalue weighted by Gasteiger charge is -2.38. The quantitative estimate of drug-likeness (QED) is 0.787. The van der Waals surface area contributed by atoms with Gasteiger partial charge in [-0.15, -0.1) is 0 Å². The topological polar surface area (TPSA) is 79.0 Å². The van der Waals surface area contributed by atoms with Gasteiger partial charge in [0.2, 0.25) is 11.8 Å². The molecule has 1 N–H and O–H groups in total. The van der Waals surface area contributed by atoms with Gasteiger partial charge >= 0.3 is 0 Å². The lowest BCUT2D eigenvalue weighted by atomic mass is 9.87. The number of hydrogen-bond acceptors (Lipinski definition) is 4. The van der Waals surface area contributed by atoms with Crippen LogP contribution in [0.3, 0.4) is 0 Å². The number of carbonyl (C=O) groups is 3. The monoisotopic (exact) mass is 401 g/mol. The highest BCUT2D eigenvalue weighted by Gasteiger charge is 2.36. The van der Waals surface area contributed by atoms with E-state index in [0.717, 1.165) is 32.4 Å².